The van der Waals surface area contributed by atoms with Crippen LogP contribution in [0.25, 0.3) is 0 Å². The Labute approximate surface area is 159 Å². The maximum atomic E-state index is 11.9. The third kappa shape index (κ3) is 6.92. The van der Waals surface area contributed by atoms with Crippen LogP contribution in [0.2, 0.25) is 0 Å². The van der Waals surface area contributed by atoms with Crippen LogP contribution < -0.4 is 14.8 Å². The van der Waals surface area contributed by atoms with E-state index >= 15 is 0 Å². The Kier molecular flexibility index (Phi) is 8.10. The van der Waals surface area contributed by atoms with E-state index in [1.807, 2.05) is 0 Å². The van der Waals surface area contributed by atoms with Crippen LogP contribution in [0.5, 0.6) is 11.5 Å². The summed E-state index contributed by atoms with van der Waals surface area (Å²) in [5.41, 5.74) is 0.483. The largest absolute Gasteiger partial charge is 0.493 e. The second-order valence-corrected chi connectivity index (χ2v) is 6.63. The molecule has 0 heterocycles. The Hall–Kier alpha value is -2.57. The molecule has 1 aliphatic carbocycles. The van der Waals surface area contributed by atoms with Gasteiger partial charge in [-0.2, -0.15) is 0 Å². The molecule has 1 aromatic carbocycles. The quantitative estimate of drug-likeness (QED) is 0.425. The van der Waals surface area contributed by atoms with Gasteiger partial charge in [-0.25, -0.2) is 4.79 Å². The van der Waals surface area contributed by atoms with E-state index in [-0.39, 0.29) is 30.9 Å². The Morgan fingerprint density at radius 1 is 1.04 bits per heavy atom. The average Bonchev–Trinajstić information content (AvgIpc) is 2.93. The summed E-state index contributed by atoms with van der Waals surface area (Å²) in [5.74, 6) is -0.370. The highest BCUT2D eigenvalue weighted by molar-refractivity contribution is 5.94. The molecule has 0 unspecified atom stereocenters. The molecule has 0 bridgehead atoms. The van der Waals surface area contributed by atoms with E-state index in [1.54, 1.807) is 18.2 Å². The van der Waals surface area contributed by atoms with E-state index in [0.717, 1.165) is 25.7 Å². The van der Waals surface area contributed by atoms with Gasteiger partial charge in [0.1, 0.15) is 0 Å². The number of amides is 1. The van der Waals surface area contributed by atoms with Crippen LogP contribution in [-0.4, -0.2) is 44.0 Å². The monoisotopic (exact) mass is 377 g/mol. The number of esters is 1. The fourth-order valence-electron chi connectivity index (χ4n) is 3.02. The van der Waals surface area contributed by atoms with Gasteiger partial charge in [-0.15, -0.1) is 0 Å². The molecule has 0 atom stereocenters. The SMILES string of the molecule is COc1cc(C(C)=O)ccc1OCC(=O)OCC(=O)NC1CCCCCC1. The number of ketones is 1. The summed E-state index contributed by atoms with van der Waals surface area (Å²) >= 11 is 0. The van der Waals surface area contributed by atoms with Gasteiger partial charge < -0.3 is 19.5 Å². The van der Waals surface area contributed by atoms with Crippen LogP contribution in [0.15, 0.2) is 18.2 Å². The van der Waals surface area contributed by atoms with Crippen molar-refractivity contribution in [1.29, 1.82) is 0 Å². The van der Waals surface area contributed by atoms with Crippen molar-refractivity contribution in [2.75, 3.05) is 20.3 Å². The van der Waals surface area contributed by atoms with Crippen molar-refractivity contribution >= 4 is 17.7 Å². The number of carbonyl (C=O) groups is 3. The van der Waals surface area contributed by atoms with Crippen molar-refractivity contribution in [1.82, 2.24) is 5.32 Å². The minimum absolute atomic E-state index is 0.0982. The van der Waals surface area contributed by atoms with E-state index in [1.165, 1.54) is 26.9 Å². The van der Waals surface area contributed by atoms with Gasteiger partial charge in [-0.1, -0.05) is 25.7 Å². The summed E-state index contributed by atoms with van der Waals surface area (Å²) in [6.07, 6.45) is 6.58. The molecule has 1 aliphatic rings. The molecule has 1 amide bonds. The minimum Gasteiger partial charge on any atom is -0.493 e. The van der Waals surface area contributed by atoms with Gasteiger partial charge in [-0.3, -0.25) is 9.59 Å². The minimum atomic E-state index is -0.649. The van der Waals surface area contributed by atoms with Crippen molar-refractivity contribution in [2.24, 2.45) is 0 Å². The molecule has 7 nitrogen and oxygen atoms in total. The zero-order chi connectivity index (χ0) is 19.6. The van der Waals surface area contributed by atoms with E-state index in [2.05, 4.69) is 5.32 Å². The standard InChI is InChI=1S/C20H27NO6/c1-14(22)15-9-10-17(18(11-15)25-2)26-13-20(24)27-12-19(23)21-16-7-5-3-4-6-8-16/h9-11,16H,3-8,12-13H2,1-2H3,(H,21,23). The Morgan fingerprint density at radius 2 is 1.74 bits per heavy atom. The zero-order valence-corrected chi connectivity index (χ0v) is 15.9. The molecule has 0 saturated heterocycles. The van der Waals surface area contributed by atoms with Crippen LogP contribution >= 0.6 is 0 Å². The van der Waals surface area contributed by atoms with Crippen LogP contribution in [0, 0.1) is 0 Å². The number of Topliss-reactive ketones (excluding diaryl/α,β-unsaturated/α-hetero) is 1. The van der Waals surface area contributed by atoms with Crippen LogP contribution in [0.3, 0.4) is 0 Å². The van der Waals surface area contributed by atoms with Gasteiger partial charge in [0.2, 0.25) is 0 Å². The lowest BCUT2D eigenvalue weighted by atomic mass is 10.1. The predicted octanol–water partition coefficient (Wildman–Crippen LogP) is 2.66. The summed E-state index contributed by atoms with van der Waals surface area (Å²) < 4.78 is 15.5. The molecule has 0 aromatic heterocycles. The summed E-state index contributed by atoms with van der Waals surface area (Å²) in [6, 6.07) is 4.86. The molecule has 2 rings (SSSR count). The Morgan fingerprint density at radius 3 is 2.37 bits per heavy atom. The Bertz CT molecular complexity index is 664. The molecule has 1 saturated carbocycles. The smallest absolute Gasteiger partial charge is 0.344 e. The third-order valence-corrected chi connectivity index (χ3v) is 4.50. The molecule has 1 fully saturated rings. The van der Waals surface area contributed by atoms with Gasteiger partial charge in [0.15, 0.2) is 30.5 Å². The molecule has 1 aromatic rings. The highest BCUT2D eigenvalue weighted by Crippen LogP contribution is 2.28. The maximum Gasteiger partial charge on any atom is 0.344 e. The van der Waals surface area contributed by atoms with Crippen LogP contribution in [0.4, 0.5) is 0 Å². The molecule has 0 aliphatic heterocycles. The Balaban J connectivity index is 1.75. The average molecular weight is 377 g/mol. The number of methoxy groups -OCH3 is 1. The second kappa shape index (κ2) is 10.5. The molecular formula is C20H27NO6. The summed E-state index contributed by atoms with van der Waals surface area (Å²) in [5, 5.41) is 2.91. The molecule has 0 spiro atoms. The van der Waals surface area contributed by atoms with Gasteiger partial charge in [0, 0.05) is 11.6 Å². The molecule has 1 N–H and O–H groups in total. The van der Waals surface area contributed by atoms with Crippen molar-refractivity contribution in [3.63, 3.8) is 0 Å². The molecule has 27 heavy (non-hydrogen) atoms. The molecule has 0 radical (unpaired) electrons. The second-order valence-electron chi connectivity index (χ2n) is 6.63. The van der Waals surface area contributed by atoms with E-state index in [0.29, 0.717) is 17.1 Å². The number of hydrogen-bond donors (Lipinski definition) is 1. The lowest BCUT2D eigenvalue weighted by molar-refractivity contribution is -0.150. The number of rotatable bonds is 8. The summed E-state index contributed by atoms with van der Waals surface area (Å²) in [7, 11) is 1.45. The number of benzene rings is 1. The zero-order valence-electron chi connectivity index (χ0n) is 15.9. The number of carbonyl (C=O) groups excluding carboxylic acids is 3. The van der Waals surface area contributed by atoms with E-state index in [9.17, 15) is 14.4 Å². The maximum absolute atomic E-state index is 11.9. The number of nitrogens with one attached hydrogen (secondary N) is 1. The van der Waals surface area contributed by atoms with Crippen molar-refractivity contribution < 1.29 is 28.6 Å². The fraction of sp³-hybridized carbons (Fsp3) is 0.550. The summed E-state index contributed by atoms with van der Waals surface area (Å²) in [6.45, 7) is 0.776. The predicted molar refractivity (Wildman–Crippen MR) is 99.1 cm³/mol. The topological polar surface area (TPSA) is 90.9 Å². The first-order valence-electron chi connectivity index (χ1n) is 9.26. The third-order valence-electron chi connectivity index (χ3n) is 4.50. The van der Waals surface area contributed by atoms with Gasteiger partial charge in [0.05, 0.1) is 7.11 Å². The van der Waals surface area contributed by atoms with Gasteiger partial charge in [-0.05, 0) is 38.0 Å². The van der Waals surface area contributed by atoms with Gasteiger partial charge >= 0.3 is 5.97 Å². The number of ether oxygens (including phenoxy) is 3. The lowest BCUT2D eigenvalue weighted by Crippen LogP contribution is -2.37. The first-order valence-corrected chi connectivity index (χ1v) is 9.26. The highest BCUT2D eigenvalue weighted by Gasteiger charge is 2.16. The van der Waals surface area contributed by atoms with Crippen LogP contribution in [0.1, 0.15) is 55.8 Å². The summed E-state index contributed by atoms with van der Waals surface area (Å²) in [4.78, 5) is 35.1. The normalized spacial score (nSPS) is 14.7. The number of hydrogen-bond acceptors (Lipinski definition) is 6. The van der Waals surface area contributed by atoms with E-state index in [4.69, 9.17) is 14.2 Å². The van der Waals surface area contributed by atoms with Gasteiger partial charge in [0.25, 0.3) is 5.91 Å². The van der Waals surface area contributed by atoms with Crippen molar-refractivity contribution in [2.45, 2.75) is 51.5 Å². The molecule has 148 valence electrons. The lowest BCUT2D eigenvalue weighted by Gasteiger charge is -2.16. The first kappa shape index (κ1) is 20.7. The van der Waals surface area contributed by atoms with E-state index < -0.39 is 5.97 Å². The van der Waals surface area contributed by atoms with Crippen LogP contribution in [-0.2, 0) is 14.3 Å². The van der Waals surface area contributed by atoms with Crippen molar-refractivity contribution in [3.05, 3.63) is 23.8 Å². The molecular weight excluding hydrogens is 350 g/mol. The molecule has 7 heteroatoms. The highest BCUT2D eigenvalue weighted by atomic mass is 16.6. The van der Waals surface area contributed by atoms with Crippen molar-refractivity contribution in [3.8, 4) is 11.5 Å². The fourth-order valence-corrected chi connectivity index (χ4v) is 3.02. The first-order chi connectivity index (χ1) is 13.0.